The van der Waals surface area contributed by atoms with E-state index >= 15 is 0 Å². The first-order chi connectivity index (χ1) is 11.0. The molecule has 1 aromatic carbocycles. The number of amides is 2. The Morgan fingerprint density at radius 2 is 2.13 bits per heavy atom. The molecule has 0 radical (unpaired) electrons. The second-order valence-corrected chi connectivity index (χ2v) is 5.60. The van der Waals surface area contributed by atoms with Crippen molar-refractivity contribution in [1.29, 1.82) is 0 Å². The molecule has 6 nitrogen and oxygen atoms in total. The minimum atomic E-state index is -0.905. The summed E-state index contributed by atoms with van der Waals surface area (Å²) in [4.78, 5) is 36.3. The molecule has 0 unspecified atom stereocenters. The van der Waals surface area contributed by atoms with Crippen LogP contribution in [-0.2, 0) is 20.8 Å². The van der Waals surface area contributed by atoms with E-state index in [0.717, 1.165) is 0 Å². The SMILES string of the molecule is O=C(Cc1cccc(F)c1)NCC(=O)N1CCC[C@H](C(=O)O)C1. The van der Waals surface area contributed by atoms with Crippen LogP contribution in [0.3, 0.4) is 0 Å². The molecule has 0 spiro atoms. The van der Waals surface area contributed by atoms with E-state index in [4.69, 9.17) is 5.11 Å². The molecule has 0 aromatic heterocycles. The fourth-order valence-electron chi connectivity index (χ4n) is 2.59. The summed E-state index contributed by atoms with van der Waals surface area (Å²) in [6.07, 6.45) is 1.19. The first-order valence-corrected chi connectivity index (χ1v) is 7.47. The molecule has 0 aliphatic carbocycles. The highest BCUT2D eigenvalue weighted by Crippen LogP contribution is 2.16. The van der Waals surface area contributed by atoms with Crippen molar-refractivity contribution in [3.63, 3.8) is 0 Å². The molecular weight excluding hydrogens is 303 g/mol. The molecule has 1 saturated heterocycles. The average Bonchev–Trinajstić information content (AvgIpc) is 2.52. The molecule has 124 valence electrons. The minimum Gasteiger partial charge on any atom is -0.481 e. The van der Waals surface area contributed by atoms with Crippen molar-refractivity contribution in [2.45, 2.75) is 19.3 Å². The largest absolute Gasteiger partial charge is 0.481 e. The first kappa shape index (κ1) is 16.9. The van der Waals surface area contributed by atoms with Gasteiger partial charge in [-0.25, -0.2) is 4.39 Å². The van der Waals surface area contributed by atoms with E-state index in [9.17, 15) is 18.8 Å². The second kappa shape index (κ2) is 7.71. The van der Waals surface area contributed by atoms with Crippen molar-refractivity contribution in [2.75, 3.05) is 19.6 Å². The van der Waals surface area contributed by atoms with Gasteiger partial charge in [0.05, 0.1) is 18.9 Å². The number of carboxylic acids is 1. The predicted molar refractivity (Wildman–Crippen MR) is 80.1 cm³/mol. The molecule has 23 heavy (non-hydrogen) atoms. The summed E-state index contributed by atoms with van der Waals surface area (Å²) >= 11 is 0. The number of carbonyl (C=O) groups is 3. The molecule has 1 aromatic rings. The van der Waals surface area contributed by atoms with Crippen molar-refractivity contribution in [2.24, 2.45) is 5.92 Å². The predicted octanol–water partition coefficient (Wildman–Crippen LogP) is 0.808. The number of likely N-dealkylation sites (tertiary alicyclic amines) is 1. The topological polar surface area (TPSA) is 86.7 Å². The Morgan fingerprint density at radius 1 is 1.35 bits per heavy atom. The van der Waals surface area contributed by atoms with E-state index in [1.165, 1.54) is 23.1 Å². The molecule has 1 atom stereocenters. The van der Waals surface area contributed by atoms with Gasteiger partial charge in [-0.3, -0.25) is 14.4 Å². The van der Waals surface area contributed by atoms with Crippen LogP contribution in [-0.4, -0.2) is 47.4 Å². The number of aliphatic carboxylic acids is 1. The van der Waals surface area contributed by atoms with Crippen LogP contribution in [0.5, 0.6) is 0 Å². The molecule has 2 rings (SSSR count). The summed E-state index contributed by atoms with van der Waals surface area (Å²) in [7, 11) is 0. The third kappa shape index (κ3) is 5.05. The summed E-state index contributed by atoms with van der Waals surface area (Å²) in [5.74, 6) is -2.55. The number of carbonyl (C=O) groups excluding carboxylic acids is 2. The lowest BCUT2D eigenvalue weighted by Gasteiger charge is -2.30. The van der Waals surface area contributed by atoms with Gasteiger partial charge in [0, 0.05) is 13.1 Å². The van der Waals surface area contributed by atoms with Crippen LogP contribution in [0.2, 0.25) is 0 Å². The van der Waals surface area contributed by atoms with Crippen molar-refractivity contribution in [3.05, 3.63) is 35.6 Å². The molecule has 1 aliphatic heterocycles. The van der Waals surface area contributed by atoms with Crippen LogP contribution >= 0.6 is 0 Å². The number of nitrogens with one attached hydrogen (secondary N) is 1. The molecule has 2 amide bonds. The highest BCUT2D eigenvalue weighted by molar-refractivity contribution is 5.86. The van der Waals surface area contributed by atoms with E-state index in [-0.39, 0.29) is 31.3 Å². The molecule has 1 heterocycles. The fourth-order valence-corrected chi connectivity index (χ4v) is 2.59. The van der Waals surface area contributed by atoms with Gasteiger partial charge in [0.15, 0.2) is 0 Å². The first-order valence-electron chi connectivity index (χ1n) is 7.47. The van der Waals surface area contributed by atoms with E-state index in [0.29, 0.717) is 24.9 Å². The molecule has 1 aliphatic rings. The van der Waals surface area contributed by atoms with Gasteiger partial charge in [-0.15, -0.1) is 0 Å². The van der Waals surface area contributed by atoms with Crippen LogP contribution in [0.25, 0.3) is 0 Å². The van der Waals surface area contributed by atoms with Crippen LogP contribution in [0, 0.1) is 11.7 Å². The van der Waals surface area contributed by atoms with E-state index in [1.54, 1.807) is 6.07 Å². The highest BCUT2D eigenvalue weighted by Gasteiger charge is 2.27. The Bertz CT molecular complexity index is 605. The maximum atomic E-state index is 13.0. The number of halogens is 1. The number of piperidine rings is 1. The minimum absolute atomic E-state index is 0.0111. The molecule has 1 fully saturated rings. The zero-order valence-electron chi connectivity index (χ0n) is 12.6. The van der Waals surface area contributed by atoms with Gasteiger partial charge in [0.1, 0.15) is 5.82 Å². The Kier molecular flexibility index (Phi) is 5.67. The lowest BCUT2D eigenvalue weighted by Crippen LogP contribution is -2.46. The van der Waals surface area contributed by atoms with Crippen molar-refractivity contribution < 1.29 is 23.9 Å². The number of hydrogen-bond acceptors (Lipinski definition) is 3. The maximum absolute atomic E-state index is 13.0. The quantitative estimate of drug-likeness (QED) is 0.840. The van der Waals surface area contributed by atoms with Crippen molar-refractivity contribution in [1.82, 2.24) is 10.2 Å². The lowest BCUT2D eigenvalue weighted by molar-refractivity contribution is -0.145. The van der Waals surface area contributed by atoms with Crippen LogP contribution in [0.15, 0.2) is 24.3 Å². The Balaban J connectivity index is 1.79. The summed E-state index contributed by atoms with van der Waals surface area (Å²) in [5, 5.41) is 11.5. The van der Waals surface area contributed by atoms with Gasteiger partial charge in [-0.1, -0.05) is 12.1 Å². The van der Waals surface area contributed by atoms with Crippen LogP contribution in [0.1, 0.15) is 18.4 Å². The van der Waals surface area contributed by atoms with Gasteiger partial charge in [0.2, 0.25) is 11.8 Å². The van der Waals surface area contributed by atoms with Gasteiger partial charge in [-0.2, -0.15) is 0 Å². The van der Waals surface area contributed by atoms with Gasteiger partial charge >= 0.3 is 5.97 Å². The molecular formula is C16H19FN2O4. The van der Waals surface area contributed by atoms with E-state index in [2.05, 4.69) is 5.32 Å². The number of rotatable bonds is 5. The zero-order chi connectivity index (χ0) is 16.8. The number of hydrogen-bond donors (Lipinski definition) is 2. The summed E-state index contributed by atoms with van der Waals surface area (Å²) < 4.78 is 13.0. The summed E-state index contributed by atoms with van der Waals surface area (Å²) in [6.45, 7) is 0.497. The Morgan fingerprint density at radius 3 is 2.83 bits per heavy atom. The Labute approximate surface area is 133 Å². The molecule has 0 saturated carbocycles. The summed E-state index contributed by atoms with van der Waals surface area (Å²) in [6, 6.07) is 5.71. The third-order valence-corrected chi connectivity index (χ3v) is 3.81. The molecule has 7 heteroatoms. The van der Waals surface area contributed by atoms with Crippen LogP contribution < -0.4 is 5.32 Å². The van der Waals surface area contributed by atoms with Crippen molar-refractivity contribution >= 4 is 17.8 Å². The lowest BCUT2D eigenvalue weighted by atomic mass is 9.98. The second-order valence-electron chi connectivity index (χ2n) is 5.60. The maximum Gasteiger partial charge on any atom is 0.308 e. The van der Waals surface area contributed by atoms with Gasteiger partial charge in [0.25, 0.3) is 0 Å². The fraction of sp³-hybridized carbons (Fsp3) is 0.438. The van der Waals surface area contributed by atoms with E-state index < -0.39 is 17.7 Å². The van der Waals surface area contributed by atoms with E-state index in [1.807, 2.05) is 0 Å². The standard InChI is InChI=1S/C16H19FN2O4/c17-13-5-1-3-11(7-13)8-14(20)18-9-15(21)19-6-2-4-12(10-19)16(22)23/h1,3,5,7,12H,2,4,6,8-10H2,(H,18,20)(H,22,23)/t12-/m0/s1. The third-order valence-electron chi connectivity index (χ3n) is 3.81. The Hall–Kier alpha value is -2.44. The van der Waals surface area contributed by atoms with Gasteiger partial charge in [-0.05, 0) is 30.5 Å². The number of carboxylic acid groups (broad SMARTS) is 1. The average molecular weight is 322 g/mol. The normalized spacial score (nSPS) is 17.6. The monoisotopic (exact) mass is 322 g/mol. The summed E-state index contributed by atoms with van der Waals surface area (Å²) in [5.41, 5.74) is 0.527. The molecule has 2 N–H and O–H groups in total. The zero-order valence-corrected chi connectivity index (χ0v) is 12.6. The van der Waals surface area contributed by atoms with Crippen molar-refractivity contribution in [3.8, 4) is 0 Å². The van der Waals surface area contributed by atoms with Gasteiger partial charge < -0.3 is 15.3 Å². The highest BCUT2D eigenvalue weighted by atomic mass is 19.1. The number of nitrogens with zero attached hydrogens (tertiary/aromatic N) is 1. The molecule has 0 bridgehead atoms. The number of benzene rings is 1. The smallest absolute Gasteiger partial charge is 0.308 e. The van der Waals surface area contributed by atoms with Crippen LogP contribution in [0.4, 0.5) is 4.39 Å².